The van der Waals surface area contributed by atoms with Crippen molar-refractivity contribution in [3.63, 3.8) is 0 Å². The zero-order valence-corrected chi connectivity index (χ0v) is 13.2. The topological polar surface area (TPSA) is 60.7 Å². The number of ether oxygens (including phenoxy) is 2. The molecule has 2 rings (SSSR count). The molecule has 0 saturated heterocycles. The van der Waals surface area contributed by atoms with Crippen molar-refractivity contribution in [3.8, 4) is 11.5 Å². The molecule has 0 saturated carbocycles. The molecule has 0 fully saturated rings. The van der Waals surface area contributed by atoms with Gasteiger partial charge in [-0.05, 0) is 30.7 Å². The number of aryl methyl sites for hydroxylation is 1. The first-order chi connectivity index (χ1) is 11.3. The largest absolute Gasteiger partial charge is 0.493 e. The van der Waals surface area contributed by atoms with Gasteiger partial charge in [-0.2, -0.15) is 13.2 Å². The molecule has 1 unspecified atom stereocenters. The number of hydrogen-bond donors (Lipinski definition) is 1. The lowest BCUT2D eigenvalue weighted by atomic mass is 10.0. The second-order valence-electron chi connectivity index (χ2n) is 4.95. The minimum atomic E-state index is -4.69. The van der Waals surface area contributed by atoms with Gasteiger partial charge < -0.3 is 19.2 Å². The molecular formula is C16H16F3NO4. The third-order valence-corrected chi connectivity index (χ3v) is 3.45. The molecule has 5 nitrogen and oxygen atoms in total. The van der Waals surface area contributed by atoms with E-state index < -0.39 is 18.1 Å². The molecule has 1 aromatic heterocycles. The van der Waals surface area contributed by atoms with E-state index in [1.54, 1.807) is 0 Å². The Hall–Kier alpha value is -2.64. The van der Waals surface area contributed by atoms with E-state index in [2.05, 4.69) is 0 Å². The predicted molar refractivity (Wildman–Crippen MR) is 79.3 cm³/mol. The van der Waals surface area contributed by atoms with Crippen LogP contribution >= 0.6 is 0 Å². The lowest BCUT2D eigenvalue weighted by Gasteiger charge is -2.23. The second-order valence-corrected chi connectivity index (χ2v) is 4.95. The van der Waals surface area contributed by atoms with Gasteiger partial charge in [-0.25, -0.2) is 0 Å². The number of carbonyl (C=O) groups is 1. The molecule has 24 heavy (non-hydrogen) atoms. The van der Waals surface area contributed by atoms with Crippen LogP contribution in [0.15, 0.2) is 34.9 Å². The Bertz CT molecular complexity index is 724. The number of benzene rings is 1. The Balaban J connectivity index is 2.36. The van der Waals surface area contributed by atoms with Gasteiger partial charge in [0.2, 0.25) is 0 Å². The fourth-order valence-corrected chi connectivity index (χ4v) is 2.22. The van der Waals surface area contributed by atoms with Crippen LogP contribution in [0.1, 0.15) is 27.7 Å². The van der Waals surface area contributed by atoms with Crippen molar-refractivity contribution in [1.82, 2.24) is 5.32 Å². The first-order valence-corrected chi connectivity index (χ1v) is 6.91. The van der Waals surface area contributed by atoms with Crippen molar-refractivity contribution in [2.24, 2.45) is 0 Å². The Morgan fingerprint density at radius 1 is 1.17 bits per heavy atom. The average Bonchev–Trinajstić information content (AvgIpc) is 2.96. The van der Waals surface area contributed by atoms with E-state index in [9.17, 15) is 18.0 Å². The zero-order valence-electron chi connectivity index (χ0n) is 13.2. The van der Waals surface area contributed by atoms with Gasteiger partial charge in [-0.15, -0.1) is 0 Å². The Morgan fingerprint density at radius 2 is 1.83 bits per heavy atom. The van der Waals surface area contributed by atoms with Crippen LogP contribution in [0.4, 0.5) is 13.2 Å². The molecule has 2 aromatic rings. The summed E-state index contributed by atoms with van der Waals surface area (Å²) in [7, 11) is 2.69. The number of amides is 1. The maximum Gasteiger partial charge on any atom is 0.412 e. The average molecular weight is 343 g/mol. The third-order valence-electron chi connectivity index (χ3n) is 3.45. The molecule has 0 spiro atoms. The molecule has 1 N–H and O–H groups in total. The smallest absolute Gasteiger partial charge is 0.412 e. The zero-order chi connectivity index (χ0) is 17.9. The molecule has 1 amide bonds. The van der Waals surface area contributed by atoms with Crippen LogP contribution in [0, 0.1) is 6.92 Å². The highest BCUT2D eigenvalue weighted by Crippen LogP contribution is 2.37. The number of alkyl halides is 3. The highest BCUT2D eigenvalue weighted by molar-refractivity contribution is 5.95. The van der Waals surface area contributed by atoms with Crippen LogP contribution in [0.2, 0.25) is 0 Å². The Labute approximate surface area is 136 Å². The molecule has 0 radical (unpaired) electrons. The first kappa shape index (κ1) is 17.7. The first-order valence-electron chi connectivity index (χ1n) is 6.91. The van der Waals surface area contributed by atoms with Gasteiger partial charge in [0.05, 0.1) is 26.0 Å². The van der Waals surface area contributed by atoms with Gasteiger partial charge in [0.15, 0.2) is 17.5 Å². The summed E-state index contributed by atoms with van der Waals surface area (Å²) in [5.41, 5.74) is -0.126. The summed E-state index contributed by atoms with van der Waals surface area (Å²) >= 11 is 0. The van der Waals surface area contributed by atoms with Crippen molar-refractivity contribution in [3.05, 3.63) is 47.4 Å². The number of hydrogen-bond acceptors (Lipinski definition) is 4. The molecule has 1 heterocycles. The molecule has 1 atom stereocenters. The summed E-state index contributed by atoms with van der Waals surface area (Å²) in [6.45, 7) is 1.49. The normalized spacial score (nSPS) is 12.6. The molecule has 130 valence electrons. The minimum absolute atomic E-state index is 0.0460. The van der Waals surface area contributed by atoms with Crippen molar-refractivity contribution in [2.45, 2.75) is 19.1 Å². The summed E-state index contributed by atoms with van der Waals surface area (Å²) < 4.78 is 55.2. The SMILES string of the molecule is COc1ccc(C(NC(=O)c2ccoc2C)C(F)(F)F)cc1OC. The van der Waals surface area contributed by atoms with Crippen molar-refractivity contribution in [1.29, 1.82) is 0 Å². The predicted octanol–water partition coefficient (Wildman–Crippen LogP) is 3.64. The highest BCUT2D eigenvalue weighted by atomic mass is 19.4. The molecule has 1 aromatic carbocycles. The molecule has 8 heteroatoms. The van der Waals surface area contributed by atoms with Crippen LogP contribution in [0.5, 0.6) is 11.5 Å². The van der Waals surface area contributed by atoms with Crippen LogP contribution < -0.4 is 14.8 Å². The number of rotatable bonds is 5. The van der Waals surface area contributed by atoms with E-state index in [1.807, 2.05) is 5.32 Å². The van der Waals surface area contributed by atoms with E-state index in [0.29, 0.717) is 5.75 Å². The number of carbonyl (C=O) groups excluding carboxylic acids is 1. The van der Waals surface area contributed by atoms with Gasteiger partial charge >= 0.3 is 6.18 Å². The van der Waals surface area contributed by atoms with E-state index >= 15 is 0 Å². The van der Waals surface area contributed by atoms with Gasteiger partial charge in [-0.1, -0.05) is 6.07 Å². The lowest BCUT2D eigenvalue weighted by molar-refractivity contribution is -0.155. The van der Waals surface area contributed by atoms with Crippen molar-refractivity contribution in [2.75, 3.05) is 14.2 Å². The van der Waals surface area contributed by atoms with Crippen molar-refractivity contribution < 1.29 is 31.9 Å². The molecule has 0 aliphatic rings. The molecular weight excluding hydrogens is 327 g/mol. The fraction of sp³-hybridized carbons (Fsp3) is 0.312. The molecule has 0 bridgehead atoms. The molecule has 0 aliphatic heterocycles. The van der Waals surface area contributed by atoms with Crippen LogP contribution in [0.25, 0.3) is 0 Å². The summed E-state index contributed by atoms with van der Waals surface area (Å²) in [4.78, 5) is 12.1. The number of methoxy groups -OCH3 is 2. The number of nitrogens with one attached hydrogen (secondary N) is 1. The number of furan rings is 1. The Kier molecular flexibility index (Phi) is 5.06. The van der Waals surface area contributed by atoms with Gasteiger partial charge in [0.25, 0.3) is 5.91 Å². The van der Waals surface area contributed by atoms with E-state index in [1.165, 1.54) is 51.7 Å². The molecule has 0 aliphatic carbocycles. The Morgan fingerprint density at radius 3 is 2.33 bits per heavy atom. The lowest BCUT2D eigenvalue weighted by Crippen LogP contribution is -2.38. The van der Waals surface area contributed by atoms with Gasteiger partial charge in [-0.3, -0.25) is 4.79 Å². The van der Waals surface area contributed by atoms with Crippen molar-refractivity contribution >= 4 is 5.91 Å². The third kappa shape index (κ3) is 3.64. The van der Waals surface area contributed by atoms with E-state index in [0.717, 1.165) is 0 Å². The van der Waals surface area contributed by atoms with Crippen LogP contribution in [0.3, 0.4) is 0 Å². The summed E-state index contributed by atoms with van der Waals surface area (Å²) in [5, 5.41) is 1.98. The maximum atomic E-state index is 13.4. The van der Waals surface area contributed by atoms with Crippen LogP contribution in [-0.4, -0.2) is 26.3 Å². The van der Waals surface area contributed by atoms with Crippen LogP contribution in [-0.2, 0) is 0 Å². The summed E-state index contributed by atoms with van der Waals surface area (Å²) in [6, 6.07) is 2.87. The van der Waals surface area contributed by atoms with E-state index in [-0.39, 0.29) is 22.6 Å². The van der Waals surface area contributed by atoms with Gasteiger partial charge in [0, 0.05) is 0 Å². The monoisotopic (exact) mass is 343 g/mol. The maximum absolute atomic E-state index is 13.4. The highest BCUT2D eigenvalue weighted by Gasteiger charge is 2.42. The summed E-state index contributed by atoms with van der Waals surface area (Å²) in [5.74, 6) is -0.212. The summed E-state index contributed by atoms with van der Waals surface area (Å²) in [6.07, 6.45) is -3.45. The van der Waals surface area contributed by atoms with Gasteiger partial charge in [0.1, 0.15) is 5.76 Å². The minimum Gasteiger partial charge on any atom is -0.493 e. The standard InChI is InChI=1S/C16H16F3NO4/c1-9-11(6-7-24-9)15(21)20-14(16(17,18)19)10-4-5-12(22-2)13(8-10)23-3/h4-8,14H,1-3H3,(H,20,21). The quantitative estimate of drug-likeness (QED) is 0.900. The second kappa shape index (κ2) is 6.86. The van der Waals surface area contributed by atoms with E-state index in [4.69, 9.17) is 13.9 Å². The fourth-order valence-electron chi connectivity index (χ4n) is 2.22. The number of halogens is 3.